The predicted octanol–water partition coefficient (Wildman–Crippen LogP) is 3.54. The van der Waals surface area contributed by atoms with Crippen LogP contribution in [0.4, 0.5) is 19.0 Å². The number of nitrogens with zero attached hydrogens (tertiary/aromatic N) is 3. The fourth-order valence-corrected chi connectivity index (χ4v) is 3.27. The number of anilines is 1. The number of halogens is 4. The van der Waals surface area contributed by atoms with E-state index in [1.165, 1.54) is 12.3 Å². The van der Waals surface area contributed by atoms with Crippen LogP contribution in [0.25, 0.3) is 0 Å². The van der Waals surface area contributed by atoms with Crippen LogP contribution in [0.2, 0.25) is 5.02 Å². The molecule has 10 heteroatoms. The van der Waals surface area contributed by atoms with Crippen molar-refractivity contribution in [3.63, 3.8) is 0 Å². The van der Waals surface area contributed by atoms with E-state index in [4.69, 9.17) is 22.1 Å². The summed E-state index contributed by atoms with van der Waals surface area (Å²) in [5.41, 5.74) is 4.47. The quantitative estimate of drug-likeness (QED) is 0.809. The molecule has 0 atom stereocenters. The molecule has 3 heterocycles. The minimum absolute atomic E-state index is 0.0136. The summed E-state index contributed by atoms with van der Waals surface area (Å²) in [6, 6.07) is 4.04. The number of hydrogen-bond donors (Lipinski definition) is 1. The summed E-state index contributed by atoms with van der Waals surface area (Å²) >= 11 is 6.01. The molecule has 1 aliphatic rings. The van der Waals surface area contributed by atoms with E-state index in [0.717, 1.165) is 25.1 Å². The van der Waals surface area contributed by atoms with Gasteiger partial charge in [0.25, 0.3) is 5.91 Å². The van der Waals surface area contributed by atoms with Crippen molar-refractivity contribution >= 4 is 23.3 Å². The van der Waals surface area contributed by atoms with E-state index in [1.54, 1.807) is 6.07 Å². The SMILES string of the molecule is NC(=O)c1cc(OCC2CCN(c3ncc(C(F)(F)F)cc3Cl)CC2)ccn1. The summed E-state index contributed by atoms with van der Waals surface area (Å²) in [7, 11) is 0. The van der Waals surface area contributed by atoms with Gasteiger partial charge in [-0.15, -0.1) is 0 Å². The normalized spacial score (nSPS) is 15.5. The zero-order chi connectivity index (χ0) is 20.3. The van der Waals surface area contributed by atoms with Crippen molar-refractivity contribution in [3.05, 3.63) is 46.9 Å². The smallest absolute Gasteiger partial charge is 0.417 e. The minimum atomic E-state index is -4.47. The van der Waals surface area contributed by atoms with E-state index >= 15 is 0 Å². The van der Waals surface area contributed by atoms with E-state index in [-0.39, 0.29) is 16.6 Å². The van der Waals surface area contributed by atoms with Crippen molar-refractivity contribution in [3.8, 4) is 5.75 Å². The van der Waals surface area contributed by atoms with Crippen LogP contribution in [0.5, 0.6) is 5.75 Å². The first-order chi connectivity index (χ1) is 13.2. The maximum absolute atomic E-state index is 12.7. The Kier molecular flexibility index (Phi) is 5.93. The van der Waals surface area contributed by atoms with Crippen LogP contribution in [0.3, 0.4) is 0 Å². The van der Waals surface area contributed by atoms with Crippen molar-refractivity contribution < 1.29 is 22.7 Å². The molecule has 0 saturated carbocycles. The second kappa shape index (κ2) is 8.22. The molecule has 3 rings (SSSR count). The second-order valence-corrected chi connectivity index (χ2v) is 6.92. The molecule has 0 spiro atoms. The lowest BCUT2D eigenvalue weighted by Gasteiger charge is -2.33. The van der Waals surface area contributed by atoms with Crippen molar-refractivity contribution in [2.45, 2.75) is 19.0 Å². The zero-order valence-electron chi connectivity index (χ0n) is 14.7. The molecular weight excluding hydrogens is 397 g/mol. The number of nitrogens with two attached hydrogens (primary N) is 1. The number of hydrogen-bond acceptors (Lipinski definition) is 5. The molecule has 2 N–H and O–H groups in total. The van der Waals surface area contributed by atoms with Gasteiger partial charge in [-0.3, -0.25) is 9.78 Å². The highest BCUT2D eigenvalue weighted by atomic mass is 35.5. The lowest BCUT2D eigenvalue weighted by Crippen LogP contribution is -2.36. The van der Waals surface area contributed by atoms with E-state index in [2.05, 4.69) is 9.97 Å². The van der Waals surface area contributed by atoms with Crippen LogP contribution in [0.1, 0.15) is 28.9 Å². The topological polar surface area (TPSA) is 81.3 Å². The number of alkyl halides is 3. The van der Waals surface area contributed by atoms with Gasteiger partial charge >= 0.3 is 6.18 Å². The van der Waals surface area contributed by atoms with Crippen LogP contribution in [-0.4, -0.2) is 35.6 Å². The highest BCUT2D eigenvalue weighted by Crippen LogP contribution is 2.34. The molecule has 6 nitrogen and oxygen atoms in total. The van der Waals surface area contributed by atoms with Crippen molar-refractivity contribution in [1.29, 1.82) is 0 Å². The third-order valence-electron chi connectivity index (χ3n) is 4.53. The second-order valence-electron chi connectivity index (χ2n) is 6.51. The molecule has 28 heavy (non-hydrogen) atoms. The summed E-state index contributed by atoms with van der Waals surface area (Å²) in [6.45, 7) is 1.66. The Balaban J connectivity index is 1.55. The van der Waals surface area contributed by atoms with E-state index in [9.17, 15) is 18.0 Å². The largest absolute Gasteiger partial charge is 0.493 e. The summed E-state index contributed by atoms with van der Waals surface area (Å²) in [5.74, 6) is 0.502. The molecule has 1 aliphatic heterocycles. The summed E-state index contributed by atoms with van der Waals surface area (Å²) in [5, 5.41) is -0.0136. The summed E-state index contributed by atoms with van der Waals surface area (Å²) in [4.78, 5) is 20.8. The number of carbonyl (C=O) groups excluding carboxylic acids is 1. The molecule has 1 saturated heterocycles. The maximum atomic E-state index is 12.7. The highest BCUT2D eigenvalue weighted by molar-refractivity contribution is 6.33. The molecule has 2 aromatic heterocycles. The Labute approximate surface area is 164 Å². The fourth-order valence-electron chi connectivity index (χ4n) is 2.98. The van der Waals surface area contributed by atoms with Gasteiger partial charge in [-0.05, 0) is 30.9 Å². The minimum Gasteiger partial charge on any atom is -0.493 e. The standard InChI is InChI=1S/C18H18ClF3N4O2/c19-14-7-12(18(20,21)22)9-25-17(14)26-5-2-11(3-6-26)10-28-13-1-4-24-15(8-13)16(23)27/h1,4,7-9,11H,2-3,5-6,10H2,(H2,23,27). The first-order valence-corrected chi connectivity index (χ1v) is 8.98. The average Bonchev–Trinajstić information content (AvgIpc) is 2.66. The van der Waals surface area contributed by atoms with Crippen molar-refractivity contribution in [2.75, 3.05) is 24.6 Å². The molecule has 0 aromatic carbocycles. The molecular formula is C18H18ClF3N4O2. The van der Waals surface area contributed by atoms with Crippen LogP contribution >= 0.6 is 11.6 Å². The number of amides is 1. The average molecular weight is 415 g/mol. The van der Waals surface area contributed by atoms with Crippen LogP contribution in [0, 0.1) is 5.92 Å². The highest BCUT2D eigenvalue weighted by Gasteiger charge is 2.32. The first-order valence-electron chi connectivity index (χ1n) is 8.60. The van der Waals surface area contributed by atoms with E-state index in [1.807, 2.05) is 4.90 Å². The fraction of sp³-hybridized carbons (Fsp3) is 0.389. The Bertz CT molecular complexity index is 855. The number of carbonyl (C=O) groups is 1. The van der Waals surface area contributed by atoms with Gasteiger partial charge in [-0.1, -0.05) is 11.6 Å². The monoisotopic (exact) mass is 414 g/mol. The molecule has 0 aliphatic carbocycles. The van der Waals surface area contributed by atoms with E-state index < -0.39 is 17.6 Å². The van der Waals surface area contributed by atoms with Gasteiger partial charge in [0.15, 0.2) is 0 Å². The predicted molar refractivity (Wildman–Crippen MR) is 97.4 cm³/mol. The molecule has 0 unspecified atom stereocenters. The number of primary amides is 1. The number of ether oxygens (including phenoxy) is 1. The summed E-state index contributed by atoms with van der Waals surface area (Å²) < 4.78 is 43.9. The first kappa shape index (κ1) is 20.2. The van der Waals surface area contributed by atoms with Crippen molar-refractivity contribution in [2.24, 2.45) is 11.7 Å². The Morgan fingerprint density at radius 2 is 2.00 bits per heavy atom. The summed E-state index contributed by atoms with van der Waals surface area (Å²) in [6.07, 6.45) is -0.674. The maximum Gasteiger partial charge on any atom is 0.417 e. The number of pyridine rings is 2. The van der Waals surface area contributed by atoms with Gasteiger partial charge in [-0.2, -0.15) is 13.2 Å². The number of piperidine rings is 1. The van der Waals surface area contributed by atoms with Crippen LogP contribution in [-0.2, 0) is 6.18 Å². The van der Waals surface area contributed by atoms with E-state index in [0.29, 0.717) is 31.3 Å². The lowest BCUT2D eigenvalue weighted by atomic mass is 9.98. The van der Waals surface area contributed by atoms with Gasteiger partial charge < -0.3 is 15.4 Å². The lowest BCUT2D eigenvalue weighted by molar-refractivity contribution is -0.137. The third kappa shape index (κ3) is 4.83. The Morgan fingerprint density at radius 1 is 1.29 bits per heavy atom. The molecule has 1 amide bonds. The van der Waals surface area contributed by atoms with Crippen molar-refractivity contribution in [1.82, 2.24) is 9.97 Å². The number of aromatic nitrogens is 2. The molecule has 1 fully saturated rings. The van der Waals surface area contributed by atoms with Gasteiger partial charge in [0.1, 0.15) is 17.3 Å². The van der Waals surface area contributed by atoms with Crippen LogP contribution < -0.4 is 15.4 Å². The Hall–Kier alpha value is -2.55. The van der Waals surface area contributed by atoms with Gasteiger partial charge in [-0.25, -0.2) is 4.98 Å². The molecule has 0 radical (unpaired) electrons. The molecule has 2 aromatic rings. The van der Waals surface area contributed by atoms with Crippen LogP contribution in [0.15, 0.2) is 30.6 Å². The molecule has 0 bridgehead atoms. The third-order valence-corrected chi connectivity index (χ3v) is 4.81. The Morgan fingerprint density at radius 3 is 2.61 bits per heavy atom. The van der Waals surface area contributed by atoms with Gasteiger partial charge in [0.2, 0.25) is 0 Å². The molecule has 150 valence electrons. The zero-order valence-corrected chi connectivity index (χ0v) is 15.5. The van der Waals surface area contributed by atoms with Gasteiger partial charge in [0.05, 0.1) is 17.2 Å². The number of rotatable bonds is 5. The van der Waals surface area contributed by atoms with Gasteiger partial charge in [0, 0.05) is 31.5 Å².